The summed E-state index contributed by atoms with van der Waals surface area (Å²) in [6.45, 7) is 1.25. The van der Waals surface area contributed by atoms with E-state index < -0.39 is 0 Å². The Kier molecular flexibility index (Phi) is 4.50. The minimum Gasteiger partial charge on any atom is -0.336 e. The summed E-state index contributed by atoms with van der Waals surface area (Å²) in [7, 11) is 0. The molecular formula is C16H18N3O2S+. The van der Waals surface area contributed by atoms with E-state index in [0.717, 1.165) is 5.56 Å². The number of urea groups is 1. The van der Waals surface area contributed by atoms with E-state index >= 15 is 0 Å². The molecule has 2 heterocycles. The lowest BCUT2D eigenvalue weighted by Gasteiger charge is -2.16. The number of amides is 3. The molecule has 114 valence electrons. The Labute approximate surface area is 132 Å². The van der Waals surface area contributed by atoms with E-state index in [1.165, 1.54) is 9.78 Å². The van der Waals surface area contributed by atoms with Crippen molar-refractivity contribution >= 4 is 23.3 Å². The molecule has 0 saturated carbocycles. The molecule has 3 amide bonds. The number of hydrogen-bond donors (Lipinski definition) is 2. The first kappa shape index (κ1) is 14.7. The second-order valence-corrected chi connectivity index (χ2v) is 6.10. The smallest absolute Gasteiger partial charge is 0.324 e. The van der Waals surface area contributed by atoms with Crippen LogP contribution in [-0.4, -0.2) is 36.5 Å². The zero-order valence-corrected chi connectivity index (χ0v) is 12.9. The summed E-state index contributed by atoms with van der Waals surface area (Å²) >= 11 is 1.67. The molecule has 1 aliphatic rings. The van der Waals surface area contributed by atoms with Gasteiger partial charge in [-0.25, -0.2) is 4.79 Å². The van der Waals surface area contributed by atoms with Gasteiger partial charge in [0.2, 0.25) is 0 Å². The van der Waals surface area contributed by atoms with Crippen LogP contribution in [0.5, 0.6) is 0 Å². The van der Waals surface area contributed by atoms with Crippen LogP contribution in [-0.2, 0) is 4.79 Å². The van der Waals surface area contributed by atoms with E-state index in [1.54, 1.807) is 11.3 Å². The first-order valence-corrected chi connectivity index (χ1v) is 8.13. The summed E-state index contributed by atoms with van der Waals surface area (Å²) in [5.74, 6) is -0.146. The largest absolute Gasteiger partial charge is 0.336 e. The van der Waals surface area contributed by atoms with E-state index in [2.05, 4.69) is 23.5 Å². The summed E-state index contributed by atoms with van der Waals surface area (Å²) < 4.78 is 0. The molecule has 1 aromatic carbocycles. The average Bonchev–Trinajstić information content (AvgIpc) is 3.20. The number of carbonyl (C=O) groups excluding carboxylic acids is 2. The molecule has 1 aromatic heterocycles. The second kappa shape index (κ2) is 6.72. The van der Waals surface area contributed by atoms with Crippen LogP contribution in [0.1, 0.15) is 16.5 Å². The molecule has 1 aliphatic heterocycles. The summed E-state index contributed by atoms with van der Waals surface area (Å²) in [6.07, 6.45) is 0. The van der Waals surface area contributed by atoms with Gasteiger partial charge < -0.3 is 10.6 Å². The number of carbonyl (C=O) groups is 2. The fraction of sp³-hybridized carbons (Fsp3) is 0.250. The normalized spacial score (nSPS) is 15.6. The molecule has 0 aliphatic carbocycles. The van der Waals surface area contributed by atoms with E-state index in [1.807, 2.05) is 35.0 Å². The van der Waals surface area contributed by atoms with E-state index in [9.17, 15) is 9.59 Å². The van der Waals surface area contributed by atoms with Crippen molar-refractivity contribution in [3.05, 3.63) is 58.3 Å². The Balaban J connectivity index is 1.71. The highest BCUT2D eigenvalue weighted by Gasteiger charge is 2.28. The third-order valence-electron chi connectivity index (χ3n) is 3.69. The van der Waals surface area contributed by atoms with Crippen molar-refractivity contribution in [2.75, 3.05) is 19.6 Å². The zero-order chi connectivity index (χ0) is 15.4. The first-order valence-electron chi connectivity index (χ1n) is 7.25. The fourth-order valence-corrected chi connectivity index (χ4v) is 3.43. The van der Waals surface area contributed by atoms with E-state index in [4.69, 9.17) is 0 Å². The van der Waals surface area contributed by atoms with Crippen molar-refractivity contribution in [1.82, 2.24) is 10.2 Å². The second-order valence-electron chi connectivity index (χ2n) is 5.12. The molecule has 0 radical (unpaired) electrons. The molecule has 5 nitrogen and oxygen atoms in total. The number of quaternary nitrogens is 1. The van der Waals surface area contributed by atoms with Crippen LogP contribution in [0.3, 0.4) is 0 Å². The molecule has 22 heavy (non-hydrogen) atoms. The van der Waals surface area contributed by atoms with Gasteiger partial charge in [0.1, 0.15) is 6.04 Å². The molecule has 3 rings (SSSR count). The van der Waals surface area contributed by atoms with Crippen LogP contribution >= 0.6 is 11.3 Å². The van der Waals surface area contributed by atoms with Gasteiger partial charge in [0.15, 0.2) is 6.54 Å². The van der Waals surface area contributed by atoms with E-state index in [0.29, 0.717) is 13.1 Å². The number of thiophene rings is 1. The maximum Gasteiger partial charge on any atom is 0.324 e. The lowest BCUT2D eigenvalue weighted by molar-refractivity contribution is -0.676. The molecule has 1 atom stereocenters. The Morgan fingerprint density at radius 1 is 1.27 bits per heavy atom. The maximum atomic E-state index is 12.2. The van der Waals surface area contributed by atoms with Gasteiger partial charge in [-0.3, -0.25) is 9.69 Å². The molecule has 2 aromatic rings. The quantitative estimate of drug-likeness (QED) is 0.862. The third-order valence-corrected chi connectivity index (χ3v) is 4.65. The van der Waals surface area contributed by atoms with Gasteiger partial charge in [0, 0.05) is 18.7 Å². The van der Waals surface area contributed by atoms with Crippen LogP contribution in [0.2, 0.25) is 0 Å². The molecule has 6 heteroatoms. The van der Waals surface area contributed by atoms with Gasteiger partial charge in [-0.2, -0.15) is 0 Å². The van der Waals surface area contributed by atoms with Crippen LogP contribution in [0.15, 0.2) is 47.8 Å². The Hall–Kier alpha value is -2.18. The lowest BCUT2D eigenvalue weighted by atomic mass is 10.1. The molecule has 0 bridgehead atoms. The third kappa shape index (κ3) is 3.18. The fourth-order valence-electron chi connectivity index (χ4n) is 2.58. The molecule has 0 unspecified atom stereocenters. The first-order chi connectivity index (χ1) is 10.8. The lowest BCUT2D eigenvalue weighted by Crippen LogP contribution is -2.87. The highest BCUT2D eigenvalue weighted by molar-refractivity contribution is 7.10. The molecule has 1 fully saturated rings. The van der Waals surface area contributed by atoms with Gasteiger partial charge in [0.25, 0.3) is 5.91 Å². The van der Waals surface area contributed by atoms with Crippen molar-refractivity contribution in [2.24, 2.45) is 0 Å². The van der Waals surface area contributed by atoms with Gasteiger partial charge in [-0.05, 0) is 11.4 Å². The van der Waals surface area contributed by atoms with Crippen LogP contribution in [0.25, 0.3) is 0 Å². The number of hydrogen-bond acceptors (Lipinski definition) is 3. The minimum absolute atomic E-state index is 0.0795. The molecule has 1 saturated heterocycles. The van der Waals surface area contributed by atoms with Crippen molar-refractivity contribution in [3.63, 3.8) is 0 Å². The number of nitrogens with zero attached hydrogens (tertiary/aromatic N) is 1. The number of nitrogens with two attached hydrogens (primary N) is 1. The standard InChI is InChI=1S/C16H17N3O2S/c20-14(19-9-8-17-16(19)21)11-18-15(13-7-4-10-22-13)12-5-2-1-3-6-12/h1-7,10,15,18H,8-9,11H2,(H,17,21)/p+1/t15-/m0/s1. The maximum absolute atomic E-state index is 12.2. The van der Waals surface area contributed by atoms with E-state index in [-0.39, 0.29) is 24.5 Å². The Morgan fingerprint density at radius 3 is 2.73 bits per heavy atom. The van der Waals surface area contributed by atoms with Gasteiger partial charge in [-0.15, -0.1) is 11.3 Å². The highest BCUT2D eigenvalue weighted by atomic mass is 32.1. The minimum atomic E-state index is -0.286. The summed E-state index contributed by atoms with van der Waals surface area (Å²) in [5.41, 5.74) is 1.16. The van der Waals surface area contributed by atoms with Gasteiger partial charge in [-0.1, -0.05) is 36.4 Å². The van der Waals surface area contributed by atoms with Crippen molar-refractivity contribution in [2.45, 2.75) is 6.04 Å². The highest BCUT2D eigenvalue weighted by Crippen LogP contribution is 2.22. The van der Waals surface area contributed by atoms with Gasteiger partial charge >= 0.3 is 6.03 Å². The number of benzene rings is 1. The molecule has 0 spiro atoms. The SMILES string of the molecule is O=C(C[NH2+][C@@H](c1ccccc1)c1cccs1)N1CCNC1=O. The number of imide groups is 1. The topological polar surface area (TPSA) is 66.0 Å². The average molecular weight is 316 g/mol. The van der Waals surface area contributed by atoms with Crippen molar-refractivity contribution in [3.8, 4) is 0 Å². The monoisotopic (exact) mass is 316 g/mol. The van der Waals surface area contributed by atoms with Crippen molar-refractivity contribution in [1.29, 1.82) is 0 Å². The predicted molar refractivity (Wildman–Crippen MR) is 84.5 cm³/mol. The summed E-state index contributed by atoms with van der Waals surface area (Å²) in [5, 5.41) is 6.68. The van der Waals surface area contributed by atoms with Crippen molar-refractivity contribution < 1.29 is 14.9 Å². The number of rotatable bonds is 5. The van der Waals surface area contributed by atoms with Crippen LogP contribution < -0.4 is 10.6 Å². The summed E-state index contributed by atoms with van der Waals surface area (Å²) in [6, 6.07) is 14.0. The zero-order valence-electron chi connectivity index (χ0n) is 12.1. The summed E-state index contributed by atoms with van der Waals surface area (Å²) in [4.78, 5) is 26.2. The predicted octanol–water partition coefficient (Wildman–Crippen LogP) is 0.953. The Morgan fingerprint density at radius 2 is 2.09 bits per heavy atom. The number of nitrogens with one attached hydrogen (secondary N) is 1. The Bertz CT molecular complexity index is 643. The molecule has 3 N–H and O–H groups in total. The molecular weight excluding hydrogens is 298 g/mol. The van der Waals surface area contributed by atoms with Crippen LogP contribution in [0.4, 0.5) is 4.79 Å². The van der Waals surface area contributed by atoms with Crippen LogP contribution in [0, 0.1) is 0 Å². The van der Waals surface area contributed by atoms with Gasteiger partial charge in [0.05, 0.1) is 4.88 Å².